The van der Waals surface area contributed by atoms with Crippen molar-refractivity contribution < 1.29 is 28.7 Å². The number of methoxy groups -OCH3 is 1. The molecule has 0 aliphatic carbocycles. The Morgan fingerprint density at radius 3 is 2.76 bits per heavy atom. The summed E-state index contributed by atoms with van der Waals surface area (Å²) in [6, 6.07) is 7.10. The molecule has 0 aliphatic heterocycles. The fourth-order valence-corrected chi connectivity index (χ4v) is 2.93. The Kier molecular flexibility index (Phi) is 8.47. The lowest BCUT2D eigenvalue weighted by atomic mass is 10.0. The number of nitrogens with zero attached hydrogens (tertiary/aromatic N) is 1. The van der Waals surface area contributed by atoms with Crippen LogP contribution in [0.2, 0.25) is 0 Å². The number of carbonyl (C=O) groups excluding carboxylic acids is 3. The van der Waals surface area contributed by atoms with Crippen molar-refractivity contribution in [3.05, 3.63) is 30.0 Å². The van der Waals surface area contributed by atoms with Crippen LogP contribution in [0.5, 0.6) is 5.75 Å². The number of amides is 3. The molecule has 0 radical (unpaired) electrons. The third kappa shape index (κ3) is 6.79. The molecule has 0 saturated carbocycles. The van der Waals surface area contributed by atoms with Crippen molar-refractivity contribution in [3.8, 4) is 5.75 Å². The van der Waals surface area contributed by atoms with Gasteiger partial charge in [-0.1, -0.05) is 26.2 Å². The summed E-state index contributed by atoms with van der Waals surface area (Å²) in [6.45, 7) is 1.90. The van der Waals surface area contributed by atoms with Gasteiger partial charge < -0.3 is 9.15 Å². The fraction of sp³-hybridized carbons (Fsp3) is 0.450. The van der Waals surface area contributed by atoms with E-state index in [4.69, 9.17) is 9.15 Å². The van der Waals surface area contributed by atoms with Crippen LogP contribution in [0, 0.1) is 5.92 Å². The van der Waals surface area contributed by atoms with E-state index in [9.17, 15) is 19.6 Å². The van der Waals surface area contributed by atoms with Crippen LogP contribution in [0.15, 0.2) is 28.7 Å². The number of hydrazine groups is 1. The third-order valence-corrected chi connectivity index (χ3v) is 4.49. The number of fused-ring (bicyclic) bond motifs is 1. The number of hydrogen-bond donors (Lipinski definition) is 3. The molecule has 0 fully saturated rings. The van der Waals surface area contributed by atoms with Gasteiger partial charge in [0, 0.05) is 11.5 Å². The molecule has 29 heavy (non-hydrogen) atoms. The maximum Gasteiger partial charge on any atom is 0.246 e. The second-order valence-electron chi connectivity index (χ2n) is 6.75. The minimum Gasteiger partial charge on any atom is -0.497 e. The van der Waals surface area contributed by atoms with Gasteiger partial charge in [0.15, 0.2) is 0 Å². The zero-order valence-corrected chi connectivity index (χ0v) is 16.6. The van der Waals surface area contributed by atoms with Crippen molar-refractivity contribution >= 4 is 29.2 Å². The highest BCUT2D eigenvalue weighted by Crippen LogP contribution is 2.24. The topological polar surface area (TPSA) is 121 Å². The average Bonchev–Trinajstić information content (AvgIpc) is 3.12. The molecule has 3 N–H and O–H groups in total. The van der Waals surface area contributed by atoms with E-state index in [2.05, 4.69) is 10.9 Å². The van der Waals surface area contributed by atoms with Crippen LogP contribution >= 0.6 is 0 Å². The van der Waals surface area contributed by atoms with Crippen LogP contribution in [0.25, 0.3) is 11.0 Å². The Hall–Kier alpha value is -3.07. The molecule has 0 bridgehead atoms. The highest BCUT2D eigenvalue weighted by Gasteiger charge is 2.21. The number of unbranched alkanes of at least 4 members (excludes halogenated alkanes) is 2. The highest BCUT2D eigenvalue weighted by atomic mass is 16.5. The average molecular weight is 405 g/mol. The van der Waals surface area contributed by atoms with Gasteiger partial charge in [0.25, 0.3) is 0 Å². The second-order valence-corrected chi connectivity index (χ2v) is 6.75. The van der Waals surface area contributed by atoms with Crippen LogP contribution in [0.4, 0.5) is 0 Å². The maximum atomic E-state index is 12.3. The first-order chi connectivity index (χ1) is 14.0. The SMILES string of the molecule is CCCCC[C@@H](CN(O)C=O)C(=O)NNC(=O)Cc1cc2ccc(OC)cc2o1. The van der Waals surface area contributed by atoms with Crippen LogP contribution in [-0.2, 0) is 20.8 Å². The molecule has 1 atom stereocenters. The zero-order valence-electron chi connectivity index (χ0n) is 16.6. The van der Waals surface area contributed by atoms with E-state index in [0.29, 0.717) is 28.6 Å². The second kappa shape index (κ2) is 11.1. The van der Waals surface area contributed by atoms with Crippen molar-refractivity contribution in [1.29, 1.82) is 0 Å². The van der Waals surface area contributed by atoms with E-state index < -0.39 is 17.7 Å². The van der Waals surface area contributed by atoms with Crippen LogP contribution in [0.1, 0.15) is 38.4 Å². The number of ether oxygens (including phenoxy) is 1. The van der Waals surface area contributed by atoms with Gasteiger partial charge in [0.05, 0.1) is 26.0 Å². The highest BCUT2D eigenvalue weighted by molar-refractivity contribution is 5.85. The molecule has 158 valence electrons. The minimum absolute atomic E-state index is 0.0573. The lowest BCUT2D eigenvalue weighted by molar-refractivity contribution is -0.155. The molecule has 0 aliphatic rings. The number of furan rings is 1. The maximum absolute atomic E-state index is 12.3. The van der Waals surface area contributed by atoms with E-state index in [1.165, 1.54) is 0 Å². The van der Waals surface area contributed by atoms with E-state index >= 15 is 0 Å². The summed E-state index contributed by atoms with van der Waals surface area (Å²) in [5.74, 6) is -0.451. The summed E-state index contributed by atoms with van der Waals surface area (Å²) in [5, 5.41) is 10.7. The van der Waals surface area contributed by atoms with Crippen molar-refractivity contribution in [2.45, 2.75) is 39.0 Å². The smallest absolute Gasteiger partial charge is 0.246 e. The van der Waals surface area contributed by atoms with Gasteiger partial charge in [-0.15, -0.1) is 0 Å². The summed E-state index contributed by atoms with van der Waals surface area (Å²) in [6.07, 6.45) is 3.36. The van der Waals surface area contributed by atoms with Crippen molar-refractivity contribution in [1.82, 2.24) is 15.9 Å². The predicted octanol–water partition coefficient (Wildman–Crippen LogP) is 2.18. The minimum atomic E-state index is -0.629. The number of hydrogen-bond acceptors (Lipinski definition) is 6. The van der Waals surface area contributed by atoms with Gasteiger partial charge in [0.2, 0.25) is 18.2 Å². The van der Waals surface area contributed by atoms with Crippen molar-refractivity contribution in [2.75, 3.05) is 13.7 Å². The van der Waals surface area contributed by atoms with Gasteiger partial charge in [-0.25, -0.2) is 5.06 Å². The summed E-state index contributed by atoms with van der Waals surface area (Å²) in [5.41, 5.74) is 5.31. The van der Waals surface area contributed by atoms with Gasteiger partial charge in [0.1, 0.15) is 17.1 Å². The fourth-order valence-electron chi connectivity index (χ4n) is 2.93. The zero-order chi connectivity index (χ0) is 21.2. The lowest BCUT2D eigenvalue weighted by Crippen LogP contribution is -2.47. The quantitative estimate of drug-likeness (QED) is 0.228. The molecule has 9 nitrogen and oxygen atoms in total. The van der Waals surface area contributed by atoms with Gasteiger partial charge in [-0.3, -0.25) is 30.4 Å². The van der Waals surface area contributed by atoms with E-state index in [1.807, 2.05) is 13.0 Å². The van der Waals surface area contributed by atoms with Crippen molar-refractivity contribution in [3.63, 3.8) is 0 Å². The first-order valence-corrected chi connectivity index (χ1v) is 9.52. The molecule has 0 saturated heterocycles. The number of benzene rings is 1. The Labute approximate surface area is 168 Å². The standard InChI is InChI=1S/C20H27N3O6/c1-3-4-5-6-15(12-23(27)13-24)20(26)22-21-19(25)11-17-9-14-7-8-16(28-2)10-18(14)29-17/h7-10,13,15,27H,3-6,11-12H2,1-2H3,(H,21,25)(H,22,26)/t15-/m0/s1. The summed E-state index contributed by atoms with van der Waals surface area (Å²) in [7, 11) is 1.56. The molecular formula is C20H27N3O6. The summed E-state index contributed by atoms with van der Waals surface area (Å²) in [4.78, 5) is 35.1. The first kappa shape index (κ1) is 22.2. The van der Waals surface area contributed by atoms with E-state index in [-0.39, 0.29) is 19.4 Å². The van der Waals surface area contributed by atoms with Crippen LogP contribution in [-0.4, -0.2) is 42.1 Å². The normalized spacial score (nSPS) is 11.7. The van der Waals surface area contributed by atoms with Gasteiger partial charge in [-0.05, 0) is 24.6 Å². The third-order valence-electron chi connectivity index (χ3n) is 4.49. The molecular weight excluding hydrogens is 378 g/mol. The molecule has 2 rings (SSSR count). The predicted molar refractivity (Wildman–Crippen MR) is 105 cm³/mol. The molecule has 2 aromatic rings. The van der Waals surface area contributed by atoms with Gasteiger partial charge in [-0.2, -0.15) is 0 Å². The summed E-state index contributed by atoms with van der Waals surface area (Å²) >= 11 is 0. The van der Waals surface area contributed by atoms with E-state index in [1.54, 1.807) is 25.3 Å². The molecule has 1 heterocycles. The summed E-state index contributed by atoms with van der Waals surface area (Å²) < 4.78 is 10.8. The molecule has 9 heteroatoms. The number of carbonyl (C=O) groups is 3. The molecule has 1 aromatic heterocycles. The van der Waals surface area contributed by atoms with Crippen molar-refractivity contribution in [2.24, 2.45) is 5.92 Å². The Bertz CT molecular complexity index is 835. The Morgan fingerprint density at radius 2 is 2.07 bits per heavy atom. The first-order valence-electron chi connectivity index (χ1n) is 9.52. The Balaban J connectivity index is 1.89. The van der Waals surface area contributed by atoms with Crippen LogP contribution in [0.3, 0.4) is 0 Å². The van der Waals surface area contributed by atoms with Gasteiger partial charge >= 0.3 is 0 Å². The largest absolute Gasteiger partial charge is 0.497 e. The van der Waals surface area contributed by atoms with Crippen LogP contribution < -0.4 is 15.6 Å². The molecule has 1 aromatic carbocycles. The van der Waals surface area contributed by atoms with E-state index in [0.717, 1.165) is 24.6 Å². The molecule has 3 amide bonds. The number of nitrogens with one attached hydrogen (secondary N) is 2. The monoisotopic (exact) mass is 405 g/mol. The molecule has 0 spiro atoms. The molecule has 0 unspecified atom stereocenters. The Morgan fingerprint density at radius 1 is 1.28 bits per heavy atom. The number of hydroxylamine groups is 2. The lowest BCUT2D eigenvalue weighted by Gasteiger charge is -2.19. The number of rotatable bonds is 11.